The molecule has 1 aliphatic carbocycles. The molecule has 1 aromatic heterocycles. The Morgan fingerprint density at radius 2 is 2.19 bits per heavy atom. The summed E-state index contributed by atoms with van der Waals surface area (Å²) in [6.07, 6.45) is 4.40. The quantitative estimate of drug-likeness (QED) is 0.742. The highest BCUT2D eigenvalue weighted by atomic mass is 79.9. The van der Waals surface area contributed by atoms with Gasteiger partial charge >= 0.3 is 0 Å². The van der Waals surface area contributed by atoms with E-state index in [-0.39, 0.29) is 11.8 Å². The second-order valence-electron chi connectivity index (χ2n) is 7.75. The second kappa shape index (κ2) is 7.47. The number of fused-ring (bicyclic) bond motifs is 1. The highest BCUT2D eigenvalue weighted by Crippen LogP contribution is 2.31. The van der Waals surface area contributed by atoms with Crippen molar-refractivity contribution in [3.63, 3.8) is 0 Å². The van der Waals surface area contributed by atoms with Gasteiger partial charge in [0, 0.05) is 36.5 Å². The molecular weight excluding hydrogens is 404 g/mol. The summed E-state index contributed by atoms with van der Waals surface area (Å²) in [7, 11) is 1.93. The largest absolute Gasteiger partial charge is 0.356 e. The molecule has 0 spiro atoms. The number of hydrogen-bond donors (Lipinski definition) is 0. The zero-order valence-electron chi connectivity index (χ0n) is 15.5. The number of amides is 1. The van der Waals surface area contributed by atoms with Gasteiger partial charge in [-0.05, 0) is 55.9 Å². The number of anilines is 1. The third-order valence-electron chi connectivity index (χ3n) is 5.58. The number of rotatable bonds is 4. The molecule has 5 nitrogen and oxygen atoms in total. The molecule has 1 saturated heterocycles. The zero-order chi connectivity index (χ0) is 19.0. The number of pyridine rings is 1. The van der Waals surface area contributed by atoms with Gasteiger partial charge in [0.05, 0.1) is 23.1 Å². The van der Waals surface area contributed by atoms with E-state index >= 15 is 0 Å². The van der Waals surface area contributed by atoms with Crippen LogP contribution in [0.1, 0.15) is 31.2 Å². The van der Waals surface area contributed by atoms with Crippen LogP contribution >= 0.6 is 15.9 Å². The van der Waals surface area contributed by atoms with Gasteiger partial charge in [-0.15, -0.1) is 0 Å². The van der Waals surface area contributed by atoms with Crippen molar-refractivity contribution in [2.24, 2.45) is 11.8 Å². The summed E-state index contributed by atoms with van der Waals surface area (Å²) >= 11 is 3.46. The Kier molecular flexibility index (Phi) is 5.05. The molecule has 2 aromatic rings. The maximum atomic E-state index is 12.8. The maximum absolute atomic E-state index is 12.8. The van der Waals surface area contributed by atoms with E-state index in [1.54, 1.807) is 0 Å². The van der Waals surface area contributed by atoms with Crippen molar-refractivity contribution in [1.29, 1.82) is 5.26 Å². The van der Waals surface area contributed by atoms with Crippen LogP contribution in [-0.4, -0.2) is 42.5 Å². The molecule has 0 unspecified atom stereocenters. The average molecular weight is 427 g/mol. The lowest BCUT2D eigenvalue weighted by Crippen LogP contribution is -2.44. The molecule has 1 aliphatic heterocycles. The minimum atomic E-state index is 0.00968. The van der Waals surface area contributed by atoms with E-state index in [0.717, 1.165) is 47.1 Å². The number of halogens is 1. The predicted octanol–water partition coefficient (Wildman–Crippen LogP) is 3.95. The smallest absolute Gasteiger partial charge is 0.227 e. The Hall–Kier alpha value is -2.13. The zero-order valence-corrected chi connectivity index (χ0v) is 17.1. The number of piperidine rings is 1. The van der Waals surface area contributed by atoms with E-state index in [1.165, 1.54) is 12.8 Å². The molecule has 1 saturated carbocycles. The molecule has 0 bridgehead atoms. The summed E-state index contributed by atoms with van der Waals surface area (Å²) in [6, 6.07) is 9.95. The van der Waals surface area contributed by atoms with Crippen molar-refractivity contribution in [2.75, 3.05) is 31.6 Å². The molecule has 0 radical (unpaired) electrons. The lowest BCUT2D eigenvalue weighted by atomic mass is 9.96. The van der Waals surface area contributed by atoms with Crippen LogP contribution in [0, 0.1) is 23.2 Å². The number of nitriles is 1. The monoisotopic (exact) mass is 426 g/mol. The summed E-state index contributed by atoms with van der Waals surface area (Å²) in [6.45, 7) is 2.43. The normalized spacial score (nSPS) is 19.7. The van der Waals surface area contributed by atoms with Gasteiger partial charge in [-0.3, -0.25) is 4.79 Å². The van der Waals surface area contributed by atoms with Crippen LogP contribution in [0.2, 0.25) is 0 Å². The van der Waals surface area contributed by atoms with E-state index in [9.17, 15) is 10.1 Å². The van der Waals surface area contributed by atoms with E-state index in [1.807, 2.05) is 36.2 Å². The van der Waals surface area contributed by atoms with Crippen LogP contribution in [-0.2, 0) is 4.79 Å². The van der Waals surface area contributed by atoms with Crippen molar-refractivity contribution in [3.05, 3.63) is 34.3 Å². The van der Waals surface area contributed by atoms with Gasteiger partial charge in [0.25, 0.3) is 0 Å². The van der Waals surface area contributed by atoms with Gasteiger partial charge < -0.3 is 9.80 Å². The maximum Gasteiger partial charge on any atom is 0.227 e. The Labute approximate surface area is 168 Å². The van der Waals surface area contributed by atoms with Gasteiger partial charge in [-0.1, -0.05) is 15.9 Å². The van der Waals surface area contributed by atoms with Crippen molar-refractivity contribution >= 4 is 38.6 Å². The molecule has 27 heavy (non-hydrogen) atoms. The van der Waals surface area contributed by atoms with E-state index in [2.05, 4.69) is 26.9 Å². The fourth-order valence-corrected chi connectivity index (χ4v) is 4.28. The second-order valence-corrected chi connectivity index (χ2v) is 8.66. The first kappa shape index (κ1) is 18.2. The molecule has 6 heteroatoms. The van der Waals surface area contributed by atoms with Crippen molar-refractivity contribution < 1.29 is 4.79 Å². The predicted molar refractivity (Wildman–Crippen MR) is 109 cm³/mol. The SMILES string of the molecule is CN(CC1CC1)C(=O)[C@H]1CCCN(c2cc(C#N)c3cc(Br)ccc3n2)C1. The lowest BCUT2D eigenvalue weighted by molar-refractivity contribution is -0.134. The minimum absolute atomic E-state index is 0.00968. The van der Waals surface area contributed by atoms with Crippen molar-refractivity contribution in [1.82, 2.24) is 9.88 Å². The number of benzene rings is 1. The Balaban J connectivity index is 1.56. The number of nitrogens with zero attached hydrogens (tertiary/aromatic N) is 4. The summed E-state index contributed by atoms with van der Waals surface area (Å²) in [5.41, 5.74) is 1.43. The Bertz CT molecular complexity index is 918. The summed E-state index contributed by atoms with van der Waals surface area (Å²) in [4.78, 5) is 21.7. The van der Waals surface area contributed by atoms with Crippen LogP contribution in [0.15, 0.2) is 28.7 Å². The molecule has 140 valence electrons. The molecule has 0 N–H and O–H groups in total. The van der Waals surface area contributed by atoms with Crippen LogP contribution in [0.4, 0.5) is 5.82 Å². The Morgan fingerprint density at radius 3 is 2.93 bits per heavy atom. The minimum Gasteiger partial charge on any atom is -0.356 e. The summed E-state index contributed by atoms with van der Waals surface area (Å²) in [5, 5.41) is 10.4. The molecule has 1 atom stereocenters. The molecule has 1 aromatic carbocycles. The fourth-order valence-electron chi connectivity index (χ4n) is 3.91. The lowest BCUT2D eigenvalue weighted by Gasteiger charge is -2.35. The number of carbonyl (C=O) groups is 1. The van der Waals surface area contributed by atoms with Crippen LogP contribution in [0.3, 0.4) is 0 Å². The fraction of sp³-hybridized carbons (Fsp3) is 0.476. The molecule has 2 aliphatic rings. The molecule has 1 amide bonds. The van der Waals surface area contributed by atoms with Crippen LogP contribution in [0.25, 0.3) is 10.9 Å². The van der Waals surface area contributed by atoms with Gasteiger partial charge in [0.2, 0.25) is 5.91 Å². The molecule has 2 fully saturated rings. The van der Waals surface area contributed by atoms with Gasteiger partial charge in [-0.25, -0.2) is 4.98 Å². The van der Waals surface area contributed by atoms with Crippen LogP contribution in [0.5, 0.6) is 0 Å². The average Bonchev–Trinajstić information content (AvgIpc) is 3.50. The van der Waals surface area contributed by atoms with Crippen molar-refractivity contribution in [3.8, 4) is 6.07 Å². The van der Waals surface area contributed by atoms with Gasteiger partial charge in [-0.2, -0.15) is 5.26 Å². The third-order valence-corrected chi connectivity index (χ3v) is 6.07. The molecular formula is C21H23BrN4O. The summed E-state index contributed by atoms with van der Waals surface area (Å²) in [5.74, 6) is 1.76. The first-order valence-electron chi connectivity index (χ1n) is 9.55. The van der Waals surface area contributed by atoms with E-state index in [4.69, 9.17) is 4.98 Å². The molecule has 4 rings (SSSR count). The summed E-state index contributed by atoms with van der Waals surface area (Å²) < 4.78 is 0.934. The topological polar surface area (TPSA) is 60.2 Å². The first-order chi connectivity index (χ1) is 13.0. The van der Waals surface area contributed by atoms with Gasteiger partial charge in [0.1, 0.15) is 5.82 Å². The molecule has 2 heterocycles. The highest BCUT2D eigenvalue weighted by Gasteiger charge is 2.31. The van der Waals surface area contributed by atoms with E-state index in [0.29, 0.717) is 18.0 Å². The van der Waals surface area contributed by atoms with Crippen LogP contribution < -0.4 is 4.90 Å². The standard InChI is InChI=1S/C21H23BrN4O/c1-25(12-14-4-5-14)21(27)15-3-2-8-26(13-15)20-9-16(11-23)18-10-17(22)6-7-19(18)24-20/h6-7,9-10,14-15H,2-5,8,12-13H2,1H3/t15-/m0/s1. The first-order valence-corrected chi connectivity index (χ1v) is 10.3. The number of aromatic nitrogens is 1. The third kappa shape index (κ3) is 3.93. The number of hydrogen-bond acceptors (Lipinski definition) is 4. The Morgan fingerprint density at radius 1 is 1.37 bits per heavy atom. The highest BCUT2D eigenvalue weighted by molar-refractivity contribution is 9.10. The number of carbonyl (C=O) groups excluding carboxylic acids is 1. The van der Waals surface area contributed by atoms with Crippen molar-refractivity contribution in [2.45, 2.75) is 25.7 Å². The van der Waals surface area contributed by atoms with Gasteiger partial charge in [0.15, 0.2) is 0 Å². The van der Waals surface area contributed by atoms with E-state index < -0.39 is 0 Å².